The third-order valence-electron chi connectivity index (χ3n) is 2.71. The molecule has 110 valence electrons. The van der Waals surface area contributed by atoms with Crippen molar-refractivity contribution < 1.29 is 9.53 Å². The Kier molecular flexibility index (Phi) is 7.09. The molecule has 1 rings (SSSR count). The average Bonchev–Trinajstić information content (AvgIpc) is 2.38. The summed E-state index contributed by atoms with van der Waals surface area (Å²) in [5, 5.41) is 0. The number of thioether (sulfide) groups is 1. The molecule has 0 unspecified atom stereocenters. The van der Waals surface area contributed by atoms with E-state index in [9.17, 15) is 4.79 Å². The van der Waals surface area contributed by atoms with Gasteiger partial charge in [0, 0.05) is 5.75 Å². The van der Waals surface area contributed by atoms with E-state index in [2.05, 4.69) is 50.0 Å². The molecule has 0 aliphatic carbocycles. The van der Waals surface area contributed by atoms with Crippen molar-refractivity contribution >= 4 is 31.9 Å². The molecule has 0 aliphatic heterocycles. The monoisotopic (exact) mass is 308 g/mol. The van der Waals surface area contributed by atoms with Gasteiger partial charge >= 0.3 is 5.97 Å². The minimum Gasteiger partial charge on any atom is -0.466 e. The molecule has 1 aromatic carbocycles. The van der Waals surface area contributed by atoms with Gasteiger partial charge in [-0.1, -0.05) is 50.0 Å². The van der Waals surface area contributed by atoms with Crippen molar-refractivity contribution in [2.75, 3.05) is 12.4 Å². The minimum absolute atomic E-state index is 0.102. The summed E-state index contributed by atoms with van der Waals surface area (Å²) in [6, 6.07) is 10.4. The Hall–Kier alpha value is -1.00. The maximum absolute atomic E-state index is 11.4. The fourth-order valence-corrected chi connectivity index (χ4v) is 5.00. The van der Waals surface area contributed by atoms with Crippen LogP contribution in [0.5, 0.6) is 0 Å². The lowest BCUT2D eigenvalue weighted by Gasteiger charge is -2.20. The first-order valence-corrected chi connectivity index (χ1v) is 11.5. The number of carbonyl (C=O) groups is 1. The van der Waals surface area contributed by atoms with E-state index in [0.29, 0.717) is 13.0 Å². The zero-order chi connectivity index (χ0) is 15.0. The standard InChI is InChI=1S/C16H24O2SSi/c1-5-18-15(17)11-12-19-16(20(2,3)4)13-14-9-7-6-8-10-14/h6-10,13H,5,11-12H2,1-4H3/b16-13+. The smallest absolute Gasteiger partial charge is 0.306 e. The predicted molar refractivity (Wildman–Crippen MR) is 91.5 cm³/mol. The molecular formula is C16H24O2SSi. The van der Waals surface area contributed by atoms with Gasteiger partial charge < -0.3 is 4.74 Å². The van der Waals surface area contributed by atoms with E-state index in [1.807, 2.05) is 13.0 Å². The van der Waals surface area contributed by atoms with Crippen LogP contribution in [0.3, 0.4) is 0 Å². The van der Waals surface area contributed by atoms with Crippen LogP contribution in [0.25, 0.3) is 6.08 Å². The molecule has 2 nitrogen and oxygen atoms in total. The number of carbonyl (C=O) groups excluding carboxylic acids is 1. The summed E-state index contributed by atoms with van der Waals surface area (Å²) in [6.07, 6.45) is 2.75. The van der Waals surface area contributed by atoms with Crippen molar-refractivity contribution in [1.82, 2.24) is 0 Å². The lowest BCUT2D eigenvalue weighted by Crippen LogP contribution is -2.22. The molecule has 0 aromatic heterocycles. The molecule has 0 heterocycles. The largest absolute Gasteiger partial charge is 0.466 e. The molecule has 0 spiro atoms. The van der Waals surface area contributed by atoms with Crippen LogP contribution in [0.15, 0.2) is 34.9 Å². The number of rotatable bonds is 7. The maximum atomic E-state index is 11.4. The van der Waals surface area contributed by atoms with Crippen molar-refractivity contribution in [2.24, 2.45) is 0 Å². The second-order valence-corrected chi connectivity index (χ2v) is 12.1. The lowest BCUT2D eigenvalue weighted by atomic mass is 10.2. The van der Waals surface area contributed by atoms with E-state index in [4.69, 9.17) is 4.74 Å². The fourth-order valence-electron chi connectivity index (χ4n) is 1.65. The Morgan fingerprint density at radius 1 is 1.25 bits per heavy atom. The van der Waals surface area contributed by atoms with Gasteiger partial charge in [0.1, 0.15) is 0 Å². The number of hydrogen-bond acceptors (Lipinski definition) is 3. The summed E-state index contributed by atoms with van der Waals surface area (Å²) in [5.74, 6) is 0.691. The van der Waals surface area contributed by atoms with Crippen molar-refractivity contribution in [2.45, 2.75) is 33.0 Å². The van der Waals surface area contributed by atoms with E-state index >= 15 is 0 Å². The van der Waals surface area contributed by atoms with Crippen molar-refractivity contribution in [3.63, 3.8) is 0 Å². The highest BCUT2D eigenvalue weighted by atomic mass is 32.2. The van der Waals surface area contributed by atoms with Crippen molar-refractivity contribution in [3.05, 3.63) is 40.4 Å². The first kappa shape index (κ1) is 17.0. The van der Waals surface area contributed by atoms with Crippen LogP contribution in [-0.4, -0.2) is 26.4 Å². The Morgan fingerprint density at radius 2 is 1.90 bits per heavy atom. The molecule has 0 radical (unpaired) electrons. The zero-order valence-corrected chi connectivity index (χ0v) is 14.6. The normalized spacial score (nSPS) is 12.3. The van der Waals surface area contributed by atoms with Gasteiger partial charge in [0.05, 0.1) is 21.1 Å². The Morgan fingerprint density at radius 3 is 2.45 bits per heavy atom. The Bertz CT molecular complexity index is 449. The first-order chi connectivity index (χ1) is 9.43. The molecular weight excluding hydrogens is 284 g/mol. The third kappa shape index (κ3) is 6.44. The Balaban J connectivity index is 2.67. The second-order valence-electron chi connectivity index (χ2n) is 5.57. The van der Waals surface area contributed by atoms with Gasteiger partial charge in [0.2, 0.25) is 0 Å². The first-order valence-electron chi connectivity index (χ1n) is 6.99. The maximum Gasteiger partial charge on any atom is 0.306 e. The van der Waals surface area contributed by atoms with Crippen LogP contribution in [0.2, 0.25) is 19.6 Å². The van der Waals surface area contributed by atoms with Crippen LogP contribution >= 0.6 is 11.8 Å². The molecule has 0 atom stereocenters. The molecule has 0 fully saturated rings. The molecule has 0 N–H and O–H groups in total. The van der Waals surface area contributed by atoms with Crippen LogP contribution in [0, 0.1) is 0 Å². The quantitative estimate of drug-likeness (QED) is 0.544. The van der Waals surface area contributed by atoms with Gasteiger partial charge in [-0.3, -0.25) is 4.79 Å². The number of benzene rings is 1. The molecule has 0 saturated carbocycles. The van der Waals surface area contributed by atoms with Crippen LogP contribution in [0.1, 0.15) is 18.9 Å². The van der Waals surface area contributed by atoms with Crippen molar-refractivity contribution in [3.8, 4) is 0 Å². The highest BCUT2D eigenvalue weighted by molar-refractivity contribution is 8.05. The van der Waals surface area contributed by atoms with Gasteiger partial charge in [-0.2, -0.15) is 0 Å². The summed E-state index contributed by atoms with van der Waals surface area (Å²) in [6.45, 7) is 9.30. The summed E-state index contributed by atoms with van der Waals surface area (Å²) in [4.78, 5) is 11.4. The molecule has 0 amide bonds. The van der Waals surface area contributed by atoms with E-state index in [1.165, 1.54) is 10.1 Å². The molecule has 20 heavy (non-hydrogen) atoms. The predicted octanol–water partition coefficient (Wildman–Crippen LogP) is 4.59. The molecule has 0 saturated heterocycles. The van der Waals surface area contributed by atoms with Crippen LogP contribution < -0.4 is 0 Å². The van der Waals surface area contributed by atoms with E-state index in [-0.39, 0.29) is 5.97 Å². The second kappa shape index (κ2) is 8.32. The zero-order valence-electron chi connectivity index (χ0n) is 12.8. The number of esters is 1. The molecule has 4 heteroatoms. The van der Waals surface area contributed by atoms with E-state index in [0.717, 1.165) is 5.75 Å². The molecule has 0 bridgehead atoms. The van der Waals surface area contributed by atoms with E-state index in [1.54, 1.807) is 11.8 Å². The molecule has 1 aromatic rings. The Labute approximate surface area is 127 Å². The summed E-state index contributed by atoms with van der Waals surface area (Å²) in [5.41, 5.74) is 1.23. The van der Waals surface area contributed by atoms with Crippen molar-refractivity contribution in [1.29, 1.82) is 0 Å². The summed E-state index contributed by atoms with van der Waals surface area (Å²) < 4.78 is 6.39. The lowest BCUT2D eigenvalue weighted by molar-refractivity contribution is -0.142. The number of hydrogen-bond donors (Lipinski definition) is 0. The molecule has 0 aliphatic rings. The summed E-state index contributed by atoms with van der Waals surface area (Å²) >= 11 is 1.80. The van der Waals surface area contributed by atoms with E-state index < -0.39 is 8.07 Å². The van der Waals surface area contributed by atoms with Gasteiger partial charge in [-0.25, -0.2) is 0 Å². The van der Waals surface area contributed by atoms with Gasteiger partial charge in [0.15, 0.2) is 0 Å². The van der Waals surface area contributed by atoms with Gasteiger partial charge in [-0.05, 0) is 23.1 Å². The highest BCUT2D eigenvalue weighted by Gasteiger charge is 2.20. The van der Waals surface area contributed by atoms with Gasteiger partial charge in [0.25, 0.3) is 0 Å². The van der Waals surface area contributed by atoms with Crippen LogP contribution in [0.4, 0.5) is 0 Å². The SMILES string of the molecule is CCOC(=O)CCS/C(=C\c1ccccc1)[Si](C)(C)C. The average molecular weight is 309 g/mol. The van der Waals surface area contributed by atoms with Gasteiger partial charge in [-0.15, -0.1) is 11.8 Å². The fraction of sp³-hybridized carbons (Fsp3) is 0.438. The van der Waals surface area contributed by atoms with Crippen LogP contribution in [-0.2, 0) is 9.53 Å². The highest BCUT2D eigenvalue weighted by Crippen LogP contribution is 2.29. The summed E-state index contributed by atoms with van der Waals surface area (Å²) in [7, 11) is -1.39. The number of ether oxygens (including phenoxy) is 1. The third-order valence-corrected chi connectivity index (χ3v) is 7.44. The topological polar surface area (TPSA) is 26.3 Å². The minimum atomic E-state index is -1.39.